The fourth-order valence-electron chi connectivity index (χ4n) is 1.65. The molecule has 0 aromatic carbocycles. The summed E-state index contributed by atoms with van der Waals surface area (Å²) in [6, 6.07) is 3.49. The number of nitrogens with zero attached hydrogens (tertiary/aromatic N) is 4. The van der Waals surface area contributed by atoms with Gasteiger partial charge in [0.15, 0.2) is 5.82 Å². The van der Waals surface area contributed by atoms with Crippen LogP contribution in [0.4, 0.5) is 0 Å². The second kappa shape index (κ2) is 6.62. The Balaban J connectivity index is 2.42. The van der Waals surface area contributed by atoms with Gasteiger partial charge < -0.3 is 4.74 Å². The summed E-state index contributed by atoms with van der Waals surface area (Å²) in [4.78, 5) is 8.82. The molecule has 0 aliphatic carbocycles. The van der Waals surface area contributed by atoms with Crippen LogP contribution in [0.25, 0.3) is 11.5 Å². The highest BCUT2D eigenvalue weighted by Crippen LogP contribution is 2.24. The zero-order valence-corrected chi connectivity index (χ0v) is 14.3. The number of methoxy groups -OCH3 is 1. The van der Waals surface area contributed by atoms with Crippen LogP contribution in [0.1, 0.15) is 19.5 Å². The molecule has 2 aromatic heterocycles. The van der Waals surface area contributed by atoms with Gasteiger partial charge in [-0.3, -0.25) is 0 Å². The lowest BCUT2D eigenvalue weighted by molar-refractivity contribution is 0.392. The molecule has 0 saturated heterocycles. The van der Waals surface area contributed by atoms with E-state index in [2.05, 4.69) is 56.6 Å². The van der Waals surface area contributed by atoms with E-state index in [0.717, 1.165) is 15.7 Å². The molecule has 0 N–H and O–H groups in total. The van der Waals surface area contributed by atoms with Crippen molar-refractivity contribution >= 4 is 34.2 Å². The smallest absolute Gasteiger partial charge is 0.233 e. The monoisotopic (exact) mass is 404 g/mol. The molecule has 0 spiro atoms. The van der Waals surface area contributed by atoms with Crippen molar-refractivity contribution in [2.45, 2.75) is 20.3 Å². The van der Waals surface area contributed by atoms with Gasteiger partial charge in [-0.1, -0.05) is 25.4 Å². The van der Waals surface area contributed by atoms with E-state index >= 15 is 0 Å². The first-order valence-corrected chi connectivity index (χ1v) is 7.57. The van der Waals surface area contributed by atoms with E-state index in [1.807, 2.05) is 0 Å². The van der Waals surface area contributed by atoms with Gasteiger partial charge in [-0.2, -0.15) is 0 Å². The second-order valence-electron chi connectivity index (χ2n) is 4.66. The van der Waals surface area contributed by atoms with Gasteiger partial charge in [0, 0.05) is 6.07 Å². The highest BCUT2D eigenvalue weighted by atomic mass is 127. The second-order valence-corrected chi connectivity index (χ2v) is 6.09. The van der Waals surface area contributed by atoms with Gasteiger partial charge in [0.25, 0.3) is 0 Å². The summed E-state index contributed by atoms with van der Waals surface area (Å²) in [5.74, 6) is 1.43. The Bertz CT molecular complexity index is 604. The fourth-order valence-corrected chi connectivity index (χ4v) is 2.30. The van der Waals surface area contributed by atoms with Crippen molar-refractivity contribution in [1.82, 2.24) is 20.2 Å². The van der Waals surface area contributed by atoms with Crippen molar-refractivity contribution in [3.05, 3.63) is 26.5 Å². The molecular formula is C13H14ClIN4O. The molecule has 2 rings (SSSR count). The minimum Gasteiger partial charge on any atom is -0.480 e. The van der Waals surface area contributed by atoms with E-state index < -0.39 is 0 Å². The molecule has 0 bridgehead atoms. The average molecular weight is 405 g/mol. The van der Waals surface area contributed by atoms with Crippen LogP contribution in [0.3, 0.4) is 0 Å². The number of rotatable bonds is 4. The highest BCUT2D eigenvalue weighted by molar-refractivity contribution is 14.1. The van der Waals surface area contributed by atoms with Crippen molar-refractivity contribution < 1.29 is 4.74 Å². The summed E-state index contributed by atoms with van der Waals surface area (Å²) in [6.07, 6.45) is 0.844. The van der Waals surface area contributed by atoms with Crippen molar-refractivity contribution in [1.29, 1.82) is 0 Å². The summed E-state index contributed by atoms with van der Waals surface area (Å²) >= 11 is 8.35. The maximum absolute atomic E-state index is 6.18. The Kier molecular flexibility index (Phi) is 5.09. The van der Waals surface area contributed by atoms with E-state index in [1.165, 1.54) is 0 Å². The van der Waals surface area contributed by atoms with Crippen LogP contribution < -0.4 is 4.74 Å². The third-order valence-corrected chi connectivity index (χ3v) is 4.29. The molecule has 20 heavy (non-hydrogen) atoms. The summed E-state index contributed by atoms with van der Waals surface area (Å²) in [6.45, 7) is 4.28. The SMILES string of the molecule is COc1ccc(-c2nc(Cl)c(I)c(CC(C)C)n2)nn1. The minimum atomic E-state index is 0.448. The number of ether oxygens (including phenoxy) is 1. The van der Waals surface area contributed by atoms with Crippen LogP contribution in [0.15, 0.2) is 12.1 Å². The summed E-state index contributed by atoms with van der Waals surface area (Å²) < 4.78 is 5.87. The van der Waals surface area contributed by atoms with Gasteiger partial charge in [-0.15, -0.1) is 10.2 Å². The molecule has 0 amide bonds. The molecule has 0 aliphatic heterocycles. The predicted molar refractivity (Wildman–Crippen MR) is 85.9 cm³/mol. The molecule has 0 fully saturated rings. The van der Waals surface area contributed by atoms with Crippen molar-refractivity contribution in [3.63, 3.8) is 0 Å². The Morgan fingerprint density at radius 1 is 1.25 bits per heavy atom. The molecule has 5 nitrogen and oxygen atoms in total. The van der Waals surface area contributed by atoms with Crippen molar-refractivity contribution in [2.75, 3.05) is 7.11 Å². The Morgan fingerprint density at radius 3 is 2.55 bits per heavy atom. The predicted octanol–water partition coefficient (Wildman–Crippen LogP) is 3.40. The van der Waals surface area contributed by atoms with Crippen LogP contribution in [-0.4, -0.2) is 27.3 Å². The van der Waals surface area contributed by atoms with Gasteiger partial charge in [-0.25, -0.2) is 9.97 Å². The van der Waals surface area contributed by atoms with Crippen LogP contribution in [0.5, 0.6) is 5.88 Å². The normalized spacial score (nSPS) is 10.9. The van der Waals surface area contributed by atoms with Gasteiger partial charge in [0.05, 0.1) is 16.4 Å². The van der Waals surface area contributed by atoms with Crippen LogP contribution in [0.2, 0.25) is 5.15 Å². The molecule has 0 atom stereocenters. The Hall–Kier alpha value is -1.02. The van der Waals surface area contributed by atoms with E-state index in [-0.39, 0.29) is 0 Å². The van der Waals surface area contributed by atoms with E-state index in [0.29, 0.717) is 28.5 Å². The molecule has 2 heterocycles. The highest BCUT2D eigenvalue weighted by Gasteiger charge is 2.14. The Labute approximate surface area is 136 Å². The minimum absolute atomic E-state index is 0.448. The van der Waals surface area contributed by atoms with Crippen LogP contribution in [-0.2, 0) is 6.42 Å². The molecule has 106 valence electrons. The number of hydrogen-bond donors (Lipinski definition) is 0. The van der Waals surface area contributed by atoms with Crippen LogP contribution >= 0.6 is 34.2 Å². The quantitative estimate of drug-likeness (QED) is 0.577. The lowest BCUT2D eigenvalue weighted by atomic mass is 10.1. The lowest BCUT2D eigenvalue weighted by Gasteiger charge is -2.09. The van der Waals surface area contributed by atoms with Gasteiger partial charge in [0.2, 0.25) is 5.88 Å². The first kappa shape index (κ1) is 15.4. The fraction of sp³-hybridized carbons (Fsp3) is 0.385. The van der Waals surface area contributed by atoms with E-state index in [4.69, 9.17) is 16.3 Å². The number of aromatic nitrogens is 4. The van der Waals surface area contributed by atoms with E-state index in [9.17, 15) is 0 Å². The maximum atomic E-state index is 6.18. The topological polar surface area (TPSA) is 60.8 Å². The van der Waals surface area contributed by atoms with Crippen LogP contribution in [0, 0.1) is 9.49 Å². The largest absolute Gasteiger partial charge is 0.480 e. The molecule has 0 aliphatic rings. The first-order chi connectivity index (χ1) is 9.51. The van der Waals surface area contributed by atoms with E-state index in [1.54, 1.807) is 19.2 Å². The average Bonchev–Trinajstić information content (AvgIpc) is 2.43. The Morgan fingerprint density at radius 2 is 2.00 bits per heavy atom. The van der Waals surface area contributed by atoms with Gasteiger partial charge in [-0.05, 0) is 41.0 Å². The lowest BCUT2D eigenvalue weighted by Crippen LogP contribution is -2.05. The first-order valence-electron chi connectivity index (χ1n) is 6.11. The number of halogens is 2. The molecule has 0 saturated carbocycles. The molecule has 0 radical (unpaired) electrons. The standard InChI is InChI=1S/C13H14ClIN4O/c1-7(2)6-9-11(15)12(14)17-13(16-9)8-4-5-10(20-3)19-18-8/h4-5,7H,6H2,1-3H3. The summed E-state index contributed by atoms with van der Waals surface area (Å²) in [5.41, 5.74) is 1.52. The molecule has 7 heteroatoms. The summed E-state index contributed by atoms with van der Waals surface area (Å²) in [7, 11) is 1.54. The maximum Gasteiger partial charge on any atom is 0.233 e. The van der Waals surface area contributed by atoms with Gasteiger partial charge in [0.1, 0.15) is 10.8 Å². The van der Waals surface area contributed by atoms with Crippen molar-refractivity contribution in [3.8, 4) is 17.4 Å². The zero-order chi connectivity index (χ0) is 14.7. The number of hydrogen-bond acceptors (Lipinski definition) is 5. The van der Waals surface area contributed by atoms with Crippen molar-refractivity contribution in [2.24, 2.45) is 5.92 Å². The third-order valence-electron chi connectivity index (χ3n) is 2.56. The third kappa shape index (κ3) is 3.54. The molecular weight excluding hydrogens is 391 g/mol. The zero-order valence-electron chi connectivity index (χ0n) is 11.4. The molecule has 2 aromatic rings. The molecule has 0 unspecified atom stereocenters. The van der Waals surface area contributed by atoms with Gasteiger partial charge >= 0.3 is 0 Å². The summed E-state index contributed by atoms with van der Waals surface area (Å²) in [5, 5.41) is 8.42.